The maximum Gasteiger partial charge on any atom is 0.244 e. The van der Waals surface area contributed by atoms with Crippen LogP contribution < -0.4 is 0 Å². The Morgan fingerprint density at radius 1 is 1.03 bits per heavy atom. The highest BCUT2D eigenvalue weighted by molar-refractivity contribution is 14.1. The molecule has 2 aromatic heterocycles. The lowest BCUT2D eigenvalue weighted by Gasteiger charge is -2.31. The molecule has 0 atom stereocenters. The third kappa shape index (κ3) is 5.87. The predicted octanol–water partition coefficient (Wildman–Crippen LogP) is 7.23. The van der Waals surface area contributed by atoms with Gasteiger partial charge < -0.3 is 4.90 Å². The van der Waals surface area contributed by atoms with Gasteiger partial charge in [-0.1, -0.05) is 47.6 Å². The Bertz CT molecular complexity index is 1220. The maximum absolute atomic E-state index is 12.9. The highest BCUT2D eigenvalue weighted by atomic mass is 127. The van der Waals surface area contributed by atoms with E-state index in [1.807, 2.05) is 23.4 Å². The fourth-order valence-electron chi connectivity index (χ4n) is 4.71. The second-order valence-corrected chi connectivity index (χ2v) is 14.1. The number of amides is 1. The van der Waals surface area contributed by atoms with E-state index in [4.69, 9.17) is 4.98 Å². The van der Waals surface area contributed by atoms with Gasteiger partial charge in [0.05, 0.1) is 15.0 Å². The van der Waals surface area contributed by atoms with E-state index in [-0.39, 0.29) is 16.7 Å². The lowest BCUT2D eigenvalue weighted by atomic mass is 9.79. The van der Waals surface area contributed by atoms with Crippen LogP contribution in [-0.4, -0.2) is 38.7 Å². The fraction of sp³-hybridized carbons (Fsp3) is 0.552. The summed E-state index contributed by atoms with van der Waals surface area (Å²) >= 11 is 4.05. The lowest BCUT2D eigenvalue weighted by Crippen LogP contribution is -2.40. The zero-order chi connectivity index (χ0) is 26.4. The molecule has 1 aromatic carbocycles. The first-order valence-corrected chi connectivity index (χ1v) is 14.8. The van der Waals surface area contributed by atoms with Gasteiger partial charge in [-0.25, -0.2) is 4.98 Å². The first kappa shape index (κ1) is 27.3. The number of piperidine rings is 1. The van der Waals surface area contributed by atoms with Gasteiger partial charge in [0.1, 0.15) is 11.6 Å². The summed E-state index contributed by atoms with van der Waals surface area (Å²) in [6, 6.07) is 7.00. The molecule has 0 N–H and O–H groups in total. The number of aromatic nitrogens is 3. The highest BCUT2D eigenvalue weighted by Crippen LogP contribution is 2.37. The zero-order valence-electron chi connectivity index (χ0n) is 22.9. The molecule has 0 saturated carbocycles. The first-order valence-electron chi connectivity index (χ1n) is 12.8. The van der Waals surface area contributed by atoms with Crippen molar-refractivity contribution in [3.05, 3.63) is 55.4 Å². The molecule has 1 fully saturated rings. The Morgan fingerprint density at radius 3 is 2.11 bits per heavy atom. The summed E-state index contributed by atoms with van der Waals surface area (Å²) in [7, 11) is 0. The molecule has 36 heavy (non-hydrogen) atoms. The molecular formula is C29H39IN4OS. The van der Waals surface area contributed by atoms with E-state index in [9.17, 15) is 4.79 Å². The standard InChI is InChI=1S/C29H39IN4OS/c1-18-26(30)19(2)34(32-18)16-25(35)33-11-9-20(10-12-33)24-17-36-27(31-24)21-13-22(28(3,4)5)15-23(14-21)29(6,7)8/h13-15,17,20H,9-12,16H2,1-8H3. The van der Waals surface area contributed by atoms with Crippen LogP contribution >= 0.6 is 33.9 Å². The predicted molar refractivity (Wildman–Crippen MR) is 158 cm³/mol. The van der Waals surface area contributed by atoms with Crippen molar-refractivity contribution < 1.29 is 4.79 Å². The van der Waals surface area contributed by atoms with Gasteiger partial charge in [-0.2, -0.15) is 5.10 Å². The van der Waals surface area contributed by atoms with Crippen LogP contribution in [0.2, 0.25) is 0 Å². The molecule has 1 saturated heterocycles. The van der Waals surface area contributed by atoms with Gasteiger partial charge >= 0.3 is 0 Å². The van der Waals surface area contributed by atoms with E-state index >= 15 is 0 Å². The van der Waals surface area contributed by atoms with Gasteiger partial charge in [0.25, 0.3) is 0 Å². The molecule has 1 aliphatic rings. The molecule has 7 heteroatoms. The van der Waals surface area contributed by atoms with Gasteiger partial charge in [0.2, 0.25) is 5.91 Å². The molecule has 0 radical (unpaired) electrons. The Morgan fingerprint density at radius 2 is 1.61 bits per heavy atom. The minimum absolute atomic E-state index is 0.0845. The molecule has 3 aromatic rings. The summed E-state index contributed by atoms with van der Waals surface area (Å²) in [5.74, 6) is 0.560. The number of carbonyl (C=O) groups is 1. The summed E-state index contributed by atoms with van der Waals surface area (Å²) in [6.45, 7) is 19.5. The van der Waals surface area contributed by atoms with Crippen LogP contribution in [0, 0.1) is 17.4 Å². The van der Waals surface area contributed by atoms with Gasteiger partial charge in [-0.05, 0) is 83.4 Å². The summed E-state index contributed by atoms with van der Waals surface area (Å²) in [5, 5.41) is 7.86. The molecule has 5 nitrogen and oxygen atoms in total. The molecule has 1 amide bonds. The van der Waals surface area contributed by atoms with Crippen LogP contribution in [0.5, 0.6) is 0 Å². The topological polar surface area (TPSA) is 51.0 Å². The molecule has 0 bridgehead atoms. The Hall–Kier alpha value is -1.74. The van der Waals surface area contributed by atoms with Crippen LogP contribution in [0.3, 0.4) is 0 Å². The monoisotopic (exact) mass is 618 g/mol. The molecule has 4 rings (SSSR count). The van der Waals surface area contributed by atoms with Gasteiger partial charge in [0.15, 0.2) is 0 Å². The van der Waals surface area contributed by atoms with Crippen LogP contribution in [0.1, 0.15) is 88.5 Å². The fourth-order valence-corrected chi connectivity index (χ4v) is 5.98. The number of nitrogens with zero attached hydrogens (tertiary/aromatic N) is 4. The number of likely N-dealkylation sites (tertiary alicyclic amines) is 1. The Labute approximate surface area is 233 Å². The normalized spacial score (nSPS) is 15.5. The molecule has 0 spiro atoms. The van der Waals surface area contributed by atoms with E-state index in [0.29, 0.717) is 12.5 Å². The third-order valence-electron chi connectivity index (χ3n) is 7.28. The minimum Gasteiger partial charge on any atom is -0.341 e. The van der Waals surface area contributed by atoms with E-state index in [0.717, 1.165) is 45.9 Å². The second kappa shape index (κ2) is 10.2. The van der Waals surface area contributed by atoms with Crippen molar-refractivity contribution in [2.75, 3.05) is 13.1 Å². The maximum atomic E-state index is 12.9. The van der Waals surface area contributed by atoms with E-state index in [1.54, 1.807) is 11.3 Å². The van der Waals surface area contributed by atoms with Crippen molar-refractivity contribution in [3.63, 3.8) is 0 Å². The van der Waals surface area contributed by atoms with Gasteiger partial charge in [0, 0.05) is 35.6 Å². The first-order chi connectivity index (χ1) is 16.7. The third-order valence-corrected chi connectivity index (χ3v) is 9.75. The molecule has 0 aliphatic carbocycles. The number of thiazole rings is 1. The number of hydrogen-bond acceptors (Lipinski definition) is 4. The zero-order valence-corrected chi connectivity index (χ0v) is 25.9. The quantitative estimate of drug-likeness (QED) is 0.290. The van der Waals surface area contributed by atoms with Crippen LogP contribution in [0.4, 0.5) is 0 Å². The Balaban J connectivity index is 1.46. The van der Waals surface area contributed by atoms with E-state index in [2.05, 4.69) is 92.8 Å². The number of hydrogen-bond donors (Lipinski definition) is 0. The molecule has 3 heterocycles. The van der Waals surface area contributed by atoms with Crippen molar-refractivity contribution in [1.82, 2.24) is 19.7 Å². The molecule has 0 unspecified atom stereocenters. The summed E-state index contributed by atoms with van der Waals surface area (Å²) in [5.41, 5.74) is 7.32. The van der Waals surface area contributed by atoms with Gasteiger partial charge in [-0.15, -0.1) is 11.3 Å². The van der Waals surface area contributed by atoms with Crippen molar-refractivity contribution >= 4 is 39.8 Å². The van der Waals surface area contributed by atoms with Crippen molar-refractivity contribution in [1.29, 1.82) is 0 Å². The highest BCUT2D eigenvalue weighted by Gasteiger charge is 2.27. The van der Waals surface area contributed by atoms with Crippen molar-refractivity contribution in [2.24, 2.45) is 0 Å². The molecular weight excluding hydrogens is 579 g/mol. The van der Waals surface area contributed by atoms with E-state index in [1.165, 1.54) is 22.4 Å². The molecule has 1 aliphatic heterocycles. The van der Waals surface area contributed by atoms with Crippen molar-refractivity contribution in [3.8, 4) is 10.6 Å². The average Bonchev–Trinajstić information content (AvgIpc) is 3.39. The summed E-state index contributed by atoms with van der Waals surface area (Å²) < 4.78 is 2.98. The number of aryl methyl sites for hydroxylation is 1. The number of carbonyl (C=O) groups excluding carboxylic acids is 1. The Kier molecular flexibility index (Phi) is 7.73. The summed E-state index contributed by atoms with van der Waals surface area (Å²) in [4.78, 5) is 20.1. The lowest BCUT2D eigenvalue weighted by molar-refractivity contribution is -0.133. The van der Waals surface area contributed by atoms with E-state index < -0.39 is 0 Å². The number of rotatable bonds is 4. The smallest absolute Gasteiger partial charge is 0.244 e. The van der Waals surface area contributed by atoms with Crippen molar-refractivity contribution in [2.45, 2.75) is 91.5 Å². The average molecular weight is 619 g/mol. The molecule has 194 valence electrons. The SMILES string of the molecule is Cc1nn(CC(=O)N2CCC(c3csc(-c4cc(C(C)(C)C)cc(C(C)(C)C)c4)n3)CC2)c(C)c1I. The van der Waals surface area contributed by atoms with Gasteiger partial charge in [-0.3, -0.25) is 9.48 Å². The summed E-state index contributed by atoms with van der Waals surface area (Å²) in [6.07, 6.45) is 1.91. The van der Waals surface area contributed by atoms with Crippen LogP contribution in [-0.2, 0) is 22.2 Å². The minimum atomic E-state index is 0.0845. The number of halogens is 1. The number of benzene rings is 1. The van der Waals surface area contributed by atoms with Crippen LogP contribution in [0.15, 0.2) is 23.6 Å². The van der Waals surface area contributed by atoms with Crippen LogP contribution in [0.25, 0.3) is 10.6 Å². The second-order valence-electron chi connectivity index (χ2n) is 12.2. The largest absolute Gasteiger partial charge is 0.341 e.